The first kappa shape index (κ1) is 22.2. The highest BCUT2D eigenvalue weighted by Gasteiger charge is 2.16. The van der Waals surface area contributed by atoms with Gasteiger partial charge >= 0.3 is 0 Å². The van der Waals surface area contributed by atoms with Crippen LogP contribution in [-0.4, -0.2) is 28.5 Å². The lowest BCUT2D eigenvalue weighted by atomic mass is 10.1. The average molecular weight is 441 g/mol. The largest absolute Gasteiger partial charge is 0.493 e. The Labute approximate surface area is 182 Å². The van der Waals surface area contributed by atoms with Crippen LogP contribution in [-0.2, 0) is 10.0 Å². The van der Waals surface area contributed by atoms with E-state index in [0.717, 1.165) is 5.56 Å². The van der Waals surface area contributed by atoms with Crippen LogP contribution < -0.4 is 19.5 Å². The molecule has 0 bridgehead atoms. The van der Waals surface area contributed by atoms with Gasteiger partial charge in [-0.15, -0.1) is 0 Å². The van der Waals surface area contributed by atoms with Gasteiger partial charge in [-0.2, -0.15) is 0 Å². The van der Waals surface area contributed by atoms with Crippen LogP contribution in [0.4, 0.5) is 5.69 Å². The minimum atomic E-state index is -3.69. The third kappa shape index (κ3) is 5.35. The highest BCUT2D eigenvalue weighted by Crippen LogP contribution is 2.30. The van der Waals surface area contributed by atoms with Crippen molar-refractivity contribution in [2.45, 2.75) is 17.9 Å². The Bertz CT molecular complexity index is 1150. The predicted octanol–water partition coefficient (Wildman–Crippen LogP) is 4.00. The normalized spacial score (nSPS) is 12.0. The van der Waals surface area contributed by atoms with Gasteiger partial charge in [0.1, 0.15) is 0 Å². The first-order valence-electron chi connectivity index (χ1n) is 9.55. The molecule has 162 valence electrons. The Hall–Kier alpha value is -3.52. The number of ether oxygens (including phenoxy) is 2. The number of carbonyl (C=O) groups is 1. The van der Waals surface area contributed by atoms with E-state index >= 15 is 0 Å². The SMILES string of the molecule is COc1ccc(C(C)NC(=O)c2ccc(NS(=O)(=O)c3ccccc3)cc2)cc1OC. The third-order valence-corrected chi connectivity index (χ3v) is 6.11. The van der Waals surface area contributed by atoms with Crippen molar-refractivity contribution < 1.29 is 22.7 Å². The fourth-order valence-corrected chi connectivity index (χ4v) is 4.07. The van der Waals surface area contributed by atoms with E-state index in [4.69, 9.17) is 9.47 Å². The van der Waals surface area contributed by atoms with Crippen LogP contribution in [0.5, 0.6) is 11.5 Å². The number of carbonyl (C=O) groups excluding carboxylic acids is 1. The smallest absolute Gasteiger partial charge is 0.261 e. The van der Waals surface area contributed by atoms with E-state index < -0.39 is 10.0 Å². The Balaban J connectivity index is 1.68. The quantitative estimate of drug-likeness (QED) is 0.552. The zero-order valence-corrected chi connectivity index (χ0v) is 18.3. The molecule has 3 aromatic rings. The van der Waals surface area contributed by atoms with E-state index in [2.05, 4.69) is 10.0 Å². The summed E-state index contributed by atoms with van der Waals surface area (Å²) in [7, 11) is -0.571. The summed E-state index contributed by atoms with van der Waals surface area (Å²) in [5.74, 6) is 0.911. The second kappa shape index (κ2) is 9.53. The van der Waals surface area contributed by atoms with Crippen LogP contribution in [0.15, 0.2) is 77.7 Å². The predicted molar refractivity (Wildman–Crippen MR) is 119 cm³/mol. The Morgan fingerprint density at radius 2 is 1.52 bits per heavy atom. The molecule has 1 unspecified atom stereocenters. The van der Waals surface area contributed by atoms with Gasteiger partial charge in [-0.05, 0) is 61.0 Å². The van der Waals surface area contributed by atoms with Gasteiger partial charge in [-0.3, -0.25) is 9.52 Å². The fraction of sp³-hybridized carbons (Fsp3) is 0.174. The summed E-state index contributed by atoms with van der Waals surface area (Å²) in [6.45, 7) is 1.86. The third-order valence-electron chi connectivity index (χ3n) is 4.71. The molecule has 0 fully saturated rings. The van der Waals surface area contributed by atoms with Gasteiger partial charge in [0.2, 0.25) is 0 Å². The van der Waals surface area contributed by atoms with E-state index in [9.17, 15) is 13.2 Å². The molecule has 0 aliphatic carbocycles. The van der Waals surface area contributed by atoms with Crippen LogP contribution in [0.2, 0.25) is 0 Å². The number of hydrogen-bond acceptors (Lipinski definition) is 5. The molecule has 0 aromatic heterocycles. The molecule has 8 heteroatoms. The number of anilines is 1. The first-order chi connectivity index (χ1) is 14.8. The Kier molecular flexibility index (Phi) is 6.81. The summed E-state index contributed by atoms with van der Waals surface area (Å²) in [5.41, 5.74) is 1.64. The monoisotopic (exact) mass is 440 g/mol. The van der Waals surface area contributed by atoms with Crippen LogP contribution in [0.1, 0.15) is 28.9 Å². The minimum Gasteiger partial charge on any atom is -0.493 e. The number of amides is 1. The molecule has 2 N–H and O–H groups in total. The maximum atomic E-state index is 12.6. The zero-order valence-electron chi connectivity index (χ0n) is 17.5. The van der Waals surface area contributed by atoms with Gasteiger partial charge in [0, 0.05) is 11.3 Å². The lowest BCUT2D eigenvalue weighted by Crippen LogP contribution is -2.26. The van der Waals surface area contributed by atoms with Crippen molar-refractivity contribution in [3.8, 4) is 11.5 Å². The molecule has 0 aliphatic rings. The van der Waals surface area contributed by atoms with Crippen molar-refractivity contribution in [3.05, 3.63) is 83.9 Å². The van der Waals surface area contributed by atoms with Crippen molar-refractivity contribution in [3.63, 3.8) is 0 Å². The molecule has 0 aliphatic heterocycles. The summed E-state index contributed by atoms with van der Waals surface area (Å²) >= 11 is 0. The van der Waals surface area contributed by atoms with Crippen LogP contribution in [0.3, 0.4) is 0 Å². The Morgan fingerprint density at radius 3 is 2.13 bits per heavy atom. The Morgan fingerprint density at radius 1 is 0.871 bits per heavy atom. The summed E-state index contributed by atoms with van der Waals surface area (Å²) in [6.07, 6.45) is 0. The van der Waals surface area contributed by atoms with Crippen molar-refractivity contribution >= 4 is 21.6 Å². The van der Waals surface area contributed by atoms with Crippen molar-refractivity contribution in [1.29, 1.82) is 0 Å². The lowest BCUT2D eigenvalue weighted by Gasteiger charge is -2.17. The van der Waals surface area contributed by atoms with Gasteiger partial charge in [-0.25, -0.2) is 8.42 Å². The standard InChI is InChI=1S/C23H24N2O5S/c1-16(18-11-14-21(29-2)22(15-18)30-3)24-23(26)17-9-12-19(13-10-17)25-31(27,28)20-7-5-4-6-8-20/h4-16,25H,1-3H3,(H,24,26). The van der Waals surface area contributed by atoms with Crippen molar-refractivity contribution in [2.75, 3.05) is 18.9 Å². The van der Waals surface area contributed by atoms with E-state index in [1.54, 1.807) is 62.8 Å². The highest BCUT2D eigenvalue weighted by molar-refractivity contribution is 7.92. The average Bonchev–Trinajstić information content (AvgIpc) is 2.79. The van der Waals surface area contributed by atoms with Gasteiger partial charge in [0.15, 0.2) is 11.5 Å². The zero-order chi connectivity index (χ0) is 22.4. The molecule has 0 heterocycles. The molecule has 0 spiro atoms. The summed E-state index contributed by atoms with van der Waals surface area (Å²) < 4.78 is 37.9. The van der Waals surface area contributed by atoms with E-state index in [1.165, 1.54) is 12.1 Å². The molecule has 31 heavy (non-hydrogen) atoms. The molecule has 1 atom stereocenters. The topological polar surface area (TPSA) is 93.7 Å². The number of sulfonamides is 1. The molecule has 0 saturated carbocycles. The number of nitrogens with one attached hydrogen (secondary N) is 2. The molecule has 0 radical (unpaired) electrons. The number of methoxy groups -OCH3 is 2. The van der Waals surface area contributed by atoms with Crippen LogP contribution >= 0.6 is 0 Å². The van der Waals surface area contributed by atoms with Crippen LogP contribution in [0.25, 0.3) is 0 Å². The van der Waals surface area contributed by atoms with Gasteiger partial charge in [-0.1, -0.05) is 24.3 Å². The van der Waals surface area contributed by atoms with E-state index in [1.807, 2.05) is 19.1 Å². The summed E-state index contributed by atoms with van der Waals surface area (Å²) in [6, 6.07) is 19.5. The molecular formula is C23H24N2O5S. The number of rotatable bonds is 8. The highest BCUT2D eigenvalue weighted by atomic mass is 32.2. The molecule has 3 rings (SSSR count). The minimum absolute atomic E-state index is 0.167. The lowest BCUT2D eigenvalue weighted by molar-refractivity contribution is 0.0940. The van der Waals surface area contributed by atoms with Gasteiger partial charge < -0.3 is 14.8 Å². The molecule has 7 nitrogen and oxygen atoms in total. The first-order valence-corrected chi connectivity index (χ1v) is 11.0. The molecule has 0 saturated heterocycles. The van der Waals surface area contributed by atoms with Gasteiger partial charge in [0.05, 0.1) is 25.2 Å². The van der Waals surface area contributed by atoms with E-state index in [-0.39, 0.29) is 16.8 Å². The second-order valence-corrected chi connectivity index (χ2v) is 8.49. The maximum Gasteiger partial charge on any atom is 0.261 e. The van der Waals surface area contributed by atoms with E-state index in [0.29, 0.717) is 22.7 Å². The van der Waals surface area contributed by atoms with Gasteiger partial charge in [0.25, 0.3) is 15.9 Å². The van der Waals surface area contributed by atoms with Crippen molar-refractivity contribution in [1.82, 2.24) is 5.32 Å². The van der Waals surface area contributed by atoms with Crippen LogP contribution in [0, 0.1) is 0 Å². The summed E-state index contributed by atoms with van der Waals surface area (Å²) in [4.78, 5) is 12.8. The molecule has 3 aromatic carbocycles. The molecule has 1 amide bonds. The molecular weight excluding hydrogens is 416 g/mol. The number of benzene rings is 3. The maximum absolute atomic E-state index is 12.6. The second-order valence-electron chi connectivity index (χ2n) is 6.81. The summed E-state index contributed by atoms with van der Waals surface area (Å²) in [5, 5.41) is 2.92. The number of hydrogen-bond donors (Lipinski definition) is 2. The fourth-order valence-electron chi connectivity index (χ4n) is 2.99. The van der Waals surface area contributed by atoms with Crippen molar-refractivity contribution in [2.24, 2.45) is 0 Å².